The summed E-state index contributed by atoms with van der Waals surface area (Å²) >= 11 is 0. The molecule has 8 amide bonds. The molecule has 2 aliphatic rings. The lowest BCUT2D eigenvalue weighted by Crippen LogP contribution is -2.50. The van der Waals surface area contributed by atoms with Crippen molar-refractivity contribution in [3.05, 3.63) is 24.3 Å². The molecule has 0 aromatic carbocycles. The zero-order valence-corrected chi connectivity index (χ0v) is 27.3. The zero-order chi connectivity index (χ0) is 35.1. The fourth-order valence-corrected chi connectivity index (χ4v) is 5.30. The van der Waals surface area contributed by atoms with E-state index in [-0.39, 0.29) is 55.2 Å². The Morgan fingerprint density at radius 2 is 1.21 bits per heavy atom. The molecule has 0 fully saturated rings. The van der Waals surface area contributed by atoms with Gasteiger partial charge in [0, 0.05) is 80.8 Å². The van der Waals surface area contributed by atoms with Gasteiger partial charge in [0.15, 0.2) is 0 Å². The van der Waals surface area contributed by atoms with Crippen LogP contribution < -0.4 is 32.7 Å². The average molecular weight is 661 g/mol. The van der Waals surface area contributed by atoms with Gasteiger partial charge in [0.2, 0.25) is 23.6 Å². The molecule has 0 saturated heterocycles. The van der Waals surface area contributed by atoms with Gasteiger partial charge >= 0.3 is 0 Å². The molecule has 2 rings (SSSR count). The summed E-state index contributed by atoms with van der Waals surface area (Å²) in [6, 6.07) is -2.08. The standard InChI is InChI=1S/C31H48N8O8/c1-4-25(41)37-23(6-5-21(13-15-32)36-26(42)14-16-38-28(44)9-10-29(38)45)17-22(35-20(3)40)7-8-24(33)19(2)34-27(43)18-39-30(46)11-12-31(39)47/h9-12,19,21-24H,4-8,13-18,32-33H2,1-3H3,(H,34,43)(H,35,40)(H,36,42)(H,37,41)/t19-,21?,22-,23?,24?/m1/s1. The van der Waals surface area contributed by atoms with Gasteiger partial charge < -0.3 is 32.7 Å². The van der Waals surface area contributed by atoms with Crippen LogP contribution in [0.25, 0.3) is 0 Å². The monoisotopic (exact) mass is 660 g/mol. The van der Waals surface area contributed by atoms with Crippen molar-refractivity contribution in [2.75, 3.05) is 19.6 Å². The highest BCUT2D eigenvalue weighted by atomic mass is 16.2. The molecule has 2 aliphatic heterocycles. The van der Waals surface area contributed by atoms with E-state index in [0.717, 1.165) is 34.1 Å². The van der Waals surface area contributed by atoms with Crippen LogP contribution in [0.15, 0.2) is 24.3 Å². The fraction of sp³-hybridized carbons (Fsp3) is 0.613. The number of nitrogens with zero attached hydrogens (tertiary/aromatic N) is 2. The van der Waals surface area contributed by atoms with Crippen molar-refractivity contribution in [3.63, 3.8) is 0 Å². The van der Waals surface area contributed by atoms with Crippen molar-refractivity contribution in [2.24, 2.45) is 11.5 Å². The lowest BCUT2D eigenvalue weighted by molar-refractivity contribution is -0.141. The third-order valence-electron chi connectivity index (χ3n) is 7.95. The summed E-state index contributed by atoms with van der Waals surface area (Å²) < 4.78 is 0. The molecule has 0 aliphatic carbocycles. The first kappa shape index (κ1) is 38.7. The van der Waals surface area contributed by atoms with E-state index in [4.69, 9.17) is 11.5 Å². The SMILES string of the molecule is CCC(=O)NC(CCC(CCN)NC(=O)CCN1C(=O)C=CC1=O)C[C@@H](CCC(N)[C@@H](C)NC(=O)CN1C(=O)C=CC1=O)NC(C)=O. The van der Waals surface area contributed by atoms with Crippen LogP contribution in [0.3, 0.4) is 0 Å². The molecule has 0 saturated carbocycles. The molecule has 0 radical (unpaired) electrons. The van der Waals surface area contributed by atoms with Crippen molar-refractivity contribution in [1.82, 2.24) is 31.1 Å². The lowest BCUT2D eigenvalue weighted by atomic mass is 9.93. The van der Waals surface area contributed by atoms with Crippen LogP contribution in [-0.4, -0.2) is 107 Å². The summed E-state index contributed by atoms with van der Waals surface area (Å²) in [6.45, 7) is 4.65. The molecule has 5 atom stereocenters. The summed E-state index contributed by atoms with van der Waals surface area (Å²) in [6.07, 6.45) is 7.29. The predicted octanol–water partition coefficient (Wildman–Crippen LogP) is -1.76. The number of hydrogen-bond donors (Lipinski definition) is 6. The molecule has 8 N–H and O–H groups in total. The van der Waals surface area contributed by atoms with Gasteiger partial charge in [0.1, 0.15) is 6.54 Å². The minimum Gasteiger partial charge on any atom is -0.354 e. The minimum atomic E-state index is -0.563. The van der Waals surface area contributed by atoms with Crippen LogP contribution in [0.5, 0.6) is 0 Å². The molecule has 2 heterocycles. The van der Waals surface area contributed by atoms with Crippen LogP contribution in [0.1, 0.15) is 72.1 Å². The van der Waals surface area contributed by atoms with Gasteiger partial charge in [0.05, 0.1) is 0 Å². The fourth-order valence-electron chi connectivity index (χ4n) is 5.30. The Balaban J connectivity index is 1.95. The summed E-state index contributed by atoms with van der Waals surface area (Å²) in [5.74, 6) is -3.37. The van der Waals surface area contributed by atoms with Crippen molar-refractivity contribution >= 4 is 47.3 Å². The number of hydrogen-bond acceptors (Lipinski definition) is 10. The first-order valence-corrected chi connectivity index (χ1v) is 15.9. The maximum atomic E-state index is 12.6. The molecule has 16 heteroatoms. The Labute approximate surface area is 274 Å². The van der Waals surface area contributed by atoms with Gasteiger partial charge in [-0.1, -0.05) is 6.92 Å². The number of imide groups is 2. The molecule has 16 nitrogen and oxygen atoms in total. The van der Waals surface area contributed by atoms with Gasteiger partial charge in [-0.25, -0.2) is 0 Å². The molecule has 260 valence electrons. The Morgan fingerprint density at radius 3 is 1.77 bits per heavy atom. The molecular weight excluding hydrogens is 612 g/mol. The first-order valence-electron chi connectivity index (χ1n) is 15.9. The van der Waals surface area contributed by atoms with E-state index in [0.29, 0.717) is 45.1 Å². The summed E-state index contributed by atoms with van der Waals surface area (Å²) in [5.41, 5.74) is 12.1. The normalized spacial score (nSPS) is 17.4. The van der Waals surface area contributed by atoms with Crippen LogP contribution in [0.4, 0.5) is 0 Å². The number of carbonyl (C=O) groups excluding carboxylic acids is 8. The molecule has 0 bridgehead atoms. The van der Waals surface area contributed by atoms with Crippen LogP contribution in [-0.2, 0) is 38.4 Å². The highest BCUT2D eigenvalue weighted by Gasteiger charge is 2.28. The van der Waals surface area contributed by atoms with Crippen molar-refractivity contribution in [2.45, 2.75) is 102 Å². The smallest absolute Gasteiger partial charge is 0.254 e. The topological polar surface area (TPSA) is 243 Å². The summed E-state index contributed by atoms with van der Waals surface area (Å²) in [7, 11) is 0. The van der Waals surface area contributed by atoms with Crippen molar-refractivity contribution in [3.8, 4) is 0 Å². The average Bonchev–Trinajstić information content (AvgIpc) is 3.50. The number of nitrogens with one attached hydrogen (secondary N) is 4. The largest absolute Gasteiger partial charge is 0.354 e. The minimum absolute atomic E-state index is 0.0425. The lowest BCUT2D eigenvalue weighted by Gasteiger charge is -2.29. The maximum Gasteiger partial charge on any atom is 0.254 e. The Morgan fingerprint density at radius 1 is 0.702 bits per heavy atom. The van der Waals surface area contributed by atoms with Crippen LogP contribution in [0, 0.1) is 0 Å². The van der Waals surface area contributed by atoms with Crippen LogP contribution in [0.2, 0.25) is 0 Å². The van der Waals surface area contributed by atoms with Crippen molar-refractivity contribution in [1.29, 1.82) is 0 Å². The second kappa shape index (κ2) is 19.3. The highest BCUT2D eigenvalue weighted by Crippen LogP contribution is 2.15. The molecule has 0 aromatic rings. The van der Waals surface area contributed by atoms with Gasteiger partial charge in [-0.3, -0.25) is 48.2 Å². The third kappa shape index (κ3) is 13.4. The van der Waals surface area contributed by atoms with E-state index in [1.54, 1.807) is 13.8 Å². The Kier molecular flexibility index (Phi) is 15.9. The van der Waals surface area contributed by atoms with E-state index < -0.39 is 48.2 Å². The molecule has 0 aromatic heterocycles. The van der Waals surface area contributed by atoms with Gasteiger partial charge in [-0.15, -0.1) is 0 Å². The van der Waals surface area contributed by atoms with Gasteiger partial charge in [-0.2, -0.15) is 0 Å². The second-order valence-electron chi connectivity index (χ2n) is 11.8. The maximum absolute atomic E-state index is 12.6. The summed E-state index contributed by atoms with van der Waals surface area (Å²) in [5, 5.41) is 11.5. The van der Waals surface area contributed by atoms with E-state index >= 15 is 0 Å². The van der Waals surface area contributed by atoms with Crippen molar-refractivity contribution < 1.29 is 38.4 Å². The number of rotatable bonds is 21. The number of carbonyl (C=O) groups is 8. The third-order valence-corrected chi connectivity index (χ3v) is 7.95. The van der Waals surface area contributed by atoms with Gasteiger partial charge in [0.25, 0.3) is 23.6 Å². The van der Waals surface area contributed by atoms with E-state index in [1.165, 1.54) is 6.92 Å². The number of amides is 8. The molecule has 3 unspecified atom stereocenters. The quantitative estimate of drug-likeness (QED) is 0.0758. The molecular formula is C31H48N8O8. The van der Waals surface area contributed by atoms with E-state index in [1.807, 2.05) is 0 Å². The highest BCUT2D eigenvalue weighted by molar-refractivity contribution is 6.14. The van der Waals surface area contributed by atoms with Gasteiger partial charge in [-0.05, 0) is 52.0 Å². The van der Waals surface area contributed by atoms with E-state index in [2.05, 4.69) is 21.3 Å². The molecule has 0 spiro atoms. The molecule has 47 heavy (non-hydrogen) atoms. The summed E-state index contributed by atoms with van der Waals surface area (Å²) in [4.78, 5) is 98.4. The second-order valence-corrected chi connectivity index (χ2v) is 11.8. The first-order chi connectivity index (χ1) is 22.2. The Hall–Kier alpha value is -4.44. The van der Waals surface area contributed by atoms with E-state index in [9.17, 15) is 38.4 Å². The zero-order valence-electron chi connectivity index (χ0n) is 27.3. The predicted molar refractivity (Wildman–Crippen MR) is 170 cm³/mol. The van der Waals surface area contributed by atoms with Crippen LogP contribution >= 0.6 is 0 Å². The number of nitrogens with two attached hydrogens (primary N) is 2. The Bertz CT molecular complexity index is 1220.